The number of hydrogen-bond donors (Lipinski definition) is 0. The van der Waals surface area contributed by atoms with Gasteiger partial charge in [0, 0.05) is 25.2 Å². The van der Waals surface area contributed by atoms with Crippen LogP contribution in [0, 0.1) is 11.8 Å². The zero-order valence-corrected chi connectivity index (χ0v) is 13.7. The Balaban J connectivity index is 1.54. The Kier molecular flexibility index (Phi) is 3.79. The van der Waals surface area contributed by atoms with Gasteiger partial charge in [-0.25, -0.2) is 4.68 Å². The standard InChI is InChI=1S/C18H24N4O/c1-2-22-17-8-7-14(11-16(17)19-20-22)18(23)21-10-9-13-5-3-4-6-15(13)12-21/h7-8,11,13,15H,2-6,9-10,12H2,1H3/t13-,15-/m1/s1. The second-order valence-corrected chi connectivity index (χ2v) is 6.95. The molecule has 2 aromatic rings. The normalized spacial score (nSPS) is 24.7. The van der Waals surface area contributed by atoms with Gasteiger partial charge in [-0.05, 0) is 49.8 Å². The smallest absolute Gasteiger partial charge is 0.253 e. The van der Waals surface area contributed by atoms with E-state index >= 15 is 0 Å². The van der Waals surface area contributed by atoms with E-state index in [0.717, 1.165) is 42.1 Å². The maximum atomic E-state index is 12.9. The van der Waals surface area contributed by atoms with Crippen LogP contribution in [0.5, 0.6) is 0 Å². The van der Waals surface area contributed by atoms with Gasteiger partial charge in [-0.2, -0.15) is 0 Å². The van der Waals surface area contributed by atoms with E-state index in [1.54, 1.807) is 0 Å². The zero-order valence-electron chi connectivity index (χ0n) is 13.7. The quantitative estimate of drug-likeness (QED) is 0.856. The van der Waals surface area contributed by atoms with Gasteiger partial charge in [-0.3, -0.25) is 4.79 Å². The molecule has 5 nitrogen and oxygen atoms in total. The van der Waals surface area contributed by atoms with Crippen molar-refractivity contribution in [2.45, 2.75) is 45.6 Å². The number of piperidine rings is 1. The summed E-state index contributed by atoms with van der Waals surface area (Å²) in [6.45, 7) is 4.67. The first-order valence-corrected chi connectivity index (χ1v) is 8.89. The first-order valence-electron chi connectivity index (χ1n) is 8.89. The highest BCUT2D eigenvalue weighted by Gasteiger charge is 2.33. The number of fused-ring (bicyclic) bond motifs is 2. The molecule has 1 amide bonds. The van der Waals surface area contributed by atoms with Gasteiger partial charge in [0.15, 0.2) is 0 Å². The fraction of sp³-hybridized carbons (Fsp3) is 0.611. The topological polar surface area (TPSA) is 51.0 Å². The van der Waals surface area contributed by atoms with Gasteiger partial charge in [-0.15, -0.1) is 5.10 Å². The molecule has 0 spiro atoms. The Morgan fingerprint density at radius 1 is 1.22 bits per heavy atom. The molecule has 5 heteroatoms. The molecule has 1 aliphatic carbocycles. The number of hydrogen-bond acceptors (Lipinski definition) is 3. The number of likely N-dealkylation sites (tertiary alicyclic amines) is 1. The van der Waals surface area contributed by atoms with Crippen LogP contribution in [0.1, 0.15) is 49.4 Å². The molecule has 1 aliphatic heterocycles. The van der Waals surface area contributed by atoms with E-state index in [2.05, 4.69) is 15.2 Å². The summed E-state index contributed by atoms with van der Waals surface area (Å²) in [5, 5.41) is 8.31. The van der Waals surface area contributed by atoms with Gasteiger partial charge in [0.25, 0.3) is 5.91 Å². The summed E-state index contributed by atoms with van der Waals surface area (Å²) >= 11 is 0. The zero-order chi connectivity index (χ0) is 15.8. The van der Waals surface area contributed by atoms with Crippen LogP contribution in [0.2, 0.25) is 0 Å². The predicted molar refractivity (Wildman–Crippen MR) is 89.2 cm³/mol. The van der Waals surface area contributed by atoms with Gasteiger partial charge in [0.2, 0.25) is 0 Å². The average Bonchev–Trinajstić information content (AvgIpc) is 3.03. The van der Waals surface area contributed by atoms with E-state index in [1.165, 1.54) is 32.1 Å². The first kappa shape index (κ1) is 14.7. The molecule has 1 aromatic carbocycles. The van der Waals surface area contributed by atoms with Crippen LogP contribution < -0.4 is 0 Å². The largest absolute Gasteiger partial charge is 0.338 e. The Hall–Kier alpha value is -1.91. The number of carbonyl (C=O) groups excluding carboxylic acids is 1. The Morgan fingerprint density at radius 3 is 2.87 bits per heavy atom. The minimum absolute atomic E-state index is 0.155. The van der Waals surface area contributed by atoms with Crippen molar-refractivity contribution in [1.29, 1.82) is 0 Å². The van der Waals surface area contributed by atoms with Crippen LogP contribution >= 0.6 is 0 Å². The number of aryl methyl sites for hydroxylation is 1. The van der Waals surface area contributed by atoms with Crippen molar-refractivity contribution < 1.29 is 4.79 Å². The molecule has 0 radical (unpaired) electrons. The summed E-state index contributed by atoms with van der Waals surface area (Å²) in [5.74, 6) is 1.72. The van der Waals surface area contributed by atoms with Crippen LogP contribution in [0.3, 0.4) is 0 Å². The highest BCUT2D eigenvalue weighted by Crippen LogP contribution is 2.36. The molecule has 2 fully saturated rings. The predicted octanol–water partition coefficient (Wildman–Crippen LogP) is 3.10. The number of nitrogens with zero attached hydrogens (tertiary/aromatic N) is 4. The lowest BCUT2D eigenvalue weighted by Gasteiger charge is -2.41. The summed E-state index contributed by atoms with van der Waals surface area (Å²) in [6, 6.07) is 5.79. The van der Waals surface area contributed by atoms with E-state index in [9.17, 15) is 4.79 Å². The van der Waals surface area contributed by atoms with Crippen LogP contribution in [-0.2, 0) is 6.54 Å². The Bertz CT molecular complexity index is 723. The minimum Gasteiger partial charge on any atom is -0.338 e. The number of benzene rings is 1. The van der Waals surface area contributed by atoms with E-state index in [4.69, 9.17) is 0 Å². The number of amides is 1. The second kappa shape index (κ2) is 5.95. The van der Waals surface area contributed by atoms with E-state index < -0.39 is 0 Å². The SMILES string of the molecule is CCn1nnc2cc(C(=O)N3CC[C@H]4CCCC[C@@H]4C3)ccc21. The maximum absolute atomic E-state index is 12.9. The van der Waals surface area contributed by atoms with Crippen LogP contribution in [0.25, 0.3) is 11.0 Å². The van der Waals surface area contributed by atoms with E-state index in [-0.39, 0.29) is 5.91 Å². The third kappa shape index (κ3) is 2.62. The van der Waals surface area contributed by atoms with Crippen molar-refractivity contribution in [3.05, 3.63) is 23.8 Å². The Labute approximate surface area is 136 Å². The van der Waals surface area contributed by atoms with Crippen molar-refractivity contribution in [3.8, 4) is 0 Å². The summed E-state index contributed by atoms with van der Waals surface area (Å²) in [5.41, 5.74) is 2.55. The lowest BCUT2D eigenvalue weighted by Crippen LogP contribution is -2.44. The molecule has 2 aliphatic rings. The van der Waals surface area contributed by atoms with Gasteiger partial charge in [-0.1, -0.05) is 24.5 Å². The monoisotopic (exact) mass is 312 g/mol. The van der Waals surface area contributed by atoms with Crippen molar-refractivity contribution in [2.24, 2.45) is 11.8 Å². The van der Waals surface area contributed by atoms with Gasteiger partial charge in [0.1, 0.15) is 5.52 Å². The molecule has 0 N–H and O–H groups in total. The molecule has 0 unspecified atom stereocenters. The molecule has 23 heavy (non-hydrogen) atoms. The first-order chi connectivity index (χ1) is 11.3. The van der Waals surface area contributed by atoms with Crippen molar-refractivity contribution in [2.75, 3.05) is 13.1 Å². The number of aromatic nitrogens is 3. The van der Waals surface area contributed by atoms with Crippen LogP contribution in [0.4, 0.5) is 0 Å². The molecule has 1 saturated carbocycles. The molecular formula is C18H24N4O. The molecule has 0 bridgehead atoms. The summed E-state index contributed by atoms with van der Waals surface area (Å²) < 4.78 is 1.86. The summed E-state index contributed by atoms with van der Waals surface area (Å²) in [4.78, 5) is 14.9. The maximum Gasteiger partial charge on any atom is 0.253 e. The van der Waals surface area contributed by atoms with Crippen molar-refractivity contribution in [3.63, 3.8) is 0 Å². The van der Waals surface area contributed by atoms with Crippen LogP contribution in [-0.4, -0.2) is 38.9 Å². The highest BCUT2D eigenvalue weighted by atomic mass is 16.2. The van der Waals surface area contributed by atoms with Gasteiger partial charge >= 0.3 is 0 Å². The van der Waals surface area contributed by atoms with E-state index in [1.807, 2.05) is 29.8 Å². The fourth-order valence-electron chi connectivity index (χ4n) is 4.31. The van der Waals surface area contributed by atoms with Gasteiger partial charge < -0.3 is 4.90 Å². The summed E-state index contributed by atoms with van der Waals surface area (Å²) in [7, 11) is 0. The summed E-state index contributed by atoms with van der Waals surface area (Å²) in [6.07, 6.45) is 6.52. The Morgan fingerprint density at radius 2 is 2.04 bits per heavy atom. The fourth-order valence-corrected chi connectivity index (χ4v) is 4.31. The molecule has 1 aromatic heterocycles. The molecule has 122 valence electrons. The van der Waals surface area contributed by atoms with E-state index in [0.29, 0.717) is 5.92 Å². The molecule has 1 saturated heterocycles. The third-order valence-corrected chi connectivity index (χ3v) is 5.64. The molecule has 2 atom stereocenters. The number of rotatable bonds is 2. The second-order valence-electron chi connectivity index (χ2n) is 6.95. The van der Waals surface area contributed by atoms with Crippen molar-refractivity contribution >= 4 is 16.9 Å². The minimum atomic E-state index is 0.155. The lowest BCUT2D eigenvalue weighted by molar-refractivity contribution is 0.0521. The molecule has 4 rings (SSSR count). The highest BCUT2D eigenvalue weighted by molar-refractivity contribution is 5.97. The number of carbonyl (C=O) groups is 1. The molecule has 2 heterocycles. The average molecular weight is 312 g/mol. The lowest BCUT2D eigenvalue weighted by atomic mass is 9.75. The third-order valence-electron chi connectivity index (χ3n) is 5.64. The van der Waals surface area contributed by atoms with Gasteiger partial charge in [0.05, 0.1) is 5.52 Å². The van der Waals surface area contributed by atoms with Crippen LogP contribution in [0.15, 0.2) is 18.2 Å². The molecular weight excluding hydrogens is 288 g/mol. The van der Waals surface area contributed by atoms with Crippen molar-refractivity contribution in [1.82, 2.24) is 19.9 Å².